The number of H-pyrrole nitrogens is 1. The number of carbonyl (C=O) groups excluding carboxylic acids is 2. The Bertz CT molecular complexity index is 1090. The van der Waals surface area contributed by atoms with Crippen LogP contribution in [0, 0.1) is 0 Å². The van der Waals surface area contributed by atoms with Gasteiger partial charge in [0.1, 0.15) is 10.9 Å². The molecule has 0 radical (unpaired) electrons. The van der Waals surface area contributed by atoms with Gasteiger partial charge in [-0.3, -0.25) is 14.5 Å². The number of benzene rings is 1. The van der Waals surface area contributed by atoms with Gasteiger partial charge in [-0.25, -0.2) is 4.98 Å². The van der Waals surface area contributed by atoms with E-state index in [4.69, 9.17) is 16.7 Å². The molecule has 0 fully saturated rings. The Hall–Kier alpha value is -3.16. The molecule has 7 nitrogen and oxygen atoms in total. The summed E-state index contributed by atoms with van der Waals surface area (Å²) < 4.78 is 0. The molecule has 0 unspecified atom stereocenters. The number of aliphatic hydroxyl groups excluding tert-OH is 1. The van der Waals surface area contributed by atoms with E-state index in [0.717, 1.165) is 27.2 Å². The molecule has 3 N–H and O–H groups in total. The van der Waals surface area contributed by atoms with Gasteiger partial charge in [0.2, 0.25) is 0 Å². The number of carbonyl (C=O) groups is 2. The zero-order valence-electron chi connectivity index (χ0n) is 14.1. The van der Waals surface area contributed by atoms with Gasteiger partial charge in [-0.15, -0.1) is 0 Å². The quantitative estimate of drug-likeness (QED) is 0.465. The number of anilines is 1. The molecule has 2 amide bonds. The average Bonchev–Trinajstić information content (AvgIpc) is 3.18. The number of amides is 2. The van der Waals surface area contributed by atoms with Gasteiger partial charge in [0, 0.05) is 17.3 Å². The van der Waals surface area contributed by atoms with Gasteiger partial charge in [0.25, 0.3) is 11.8 Å². The first kappa shape index (κ1) is 17.3. The molecule has 1 aliphatic heterocycles. The van der Waals surface area contributed by atoms with Crippen molar-refractivity contribution in [3.63, 3.8) is 0 Å². The number of aromatic amines is 1. The number of β-amino-alcohol motifs (C(OH)–C–C–N with tert-alkyl or cyclic N) is 1. The van der Waals surface area contributed by atoms with Crippen LogP contribution in [-0.2, 0) is 9.59 Å². The summed E-state index contributed by atoms with van der Waals surface area (Å²) in [5.41, 5.74) is 4.00. The number of para-hydroxylation sites is 1. The molecule has 27 heavy (non-hydrogen) atoms. The minimum Gasteiger partial charge on any atom is -0.395 e. The second-order valence-electron chi connectivity index (χ2n) is 6.00. The minimum absolute atomic E-state index is 0.0323. The van der Waals surface area contributed by atoms with Crippen LogP contribution < -0.4 is 5.32 Å². The summed E-state index contributed by atoms with van der Waals surface area (Å²) in [5, 5.41) is 12.4. The van der Waals surface area contributed by atoms with E-state index in [1.54, 1.807) is 6.07 Å². The van der Waals surface area contributed by atoms with Crippen LogP contribution >= 0.6 is 11.6 Å². The highest BCUT2D eigenvalue weighted by molar-refractivity contribution is 6.29. The maximum absolute atomic E-state index is 12.4. The van der Waals surface area contributed by atoms with Gasteiger partial charge in [-0.2, -0.15) is 0 Å². The van der Waals surface area contributed by atoms with Crippen LogP contribution in [0.2, 0.25) is 5.15 Å². The molecule has 2 aromatic heterocycles. The Morgan fingerprint density at radius 3 is 2.81 bits per heavy atom. The number of nitrogens with one attached hydrogen (secondary N) is 2. The smallest absolute Gasteiger partial charge is 0.277 e. The monoisotopic (exact) mass is 382 g/mol. The van der Waals surface area contributed by atoms with Crippen molar-refractivity contribution < 1.29 is 14.7 Å². The van der Waals surface area contributed by atoms with Gasteiger partial charge in [-0.05, 0) is 24.3 Å². The average molecular weight is 383 g/mol. The fraction of sp³-hybridized carbons (Fsp3) is 0.105. The molecule has 1 aliphatic rings. The fourth-order valence-corrected chi connectivity index (χ4v) is 3.16. The molecule has 8 heteroatoms. The topological polar surface area (TPSA) is 98.3 Å². The lowest BCUT2D eigenvalue weighted by molar-refractivity contribution is -0.137. The Morgan fingerprint density at radius 1 is 1.19 bits per heavy atom. The maximum atomic E-state index is 12.4. The van der Waals surface area contributed by atoms with Crippen molar-refractivity contribution in [2.45, 2.75) is 0 Å². The van der Waals surface area contributed by atoms with Crippen LogP contribution in [0.5, 0.6) is 0 Å². The molecule has 0 saturated heterocycles. The summed E-state index contributed by atoms with van der Waals surface area (Å²) >= 11 is 5.95. The normalized spacial score (nSPS) is 14.1. The number of pyridine rings is 1. The van der Waals surface area contributed by atoms with Gasteiger partial charge in [-0.1, -0.05) is 29.8 Å². The first-order valence-corrected chi connectivity index (χ1v) is 8.64. The van der Waals surface area contributed by atoms with Crippen molar-refractivity contribution >= 4 is 40.1 Å². The molecule has 3 aromatic rings. The van der Waals surface area contributed by atoms with E-state index < -0.39 is 11.8 Å². The van der Waals surface area contributed by atoms with Crippen molar-refractivity contribution in [3.8, 4) is 11.3 Å². The molecular formula is C19H15ClN4O3. The lowest BCUT2D eigenvalue weighted by Gasteiger charge is -2.14. The number of hydrogen-bond acceptors (Lipinski definition) is 5. The molecule has 0 bridgehead atoms. The first-order chi connectivity index (χ1) is 13.1. The predicted octanol–water partition coefficient (Wildman–Crippen LogP) is 2.54. The Morgan fingerprint density at radius 2 is 2.00 bits per heavy atom. The fourth-order valence-electron chi connectivity index (χ4n) is 3.01. The van der Waals surface area contributed by atoms with Crippen molar-refractivity contribution in [2.24, 2.45) is 0 Å². The highest BCUT2D eigenvalue weighted by Gasteiger charge is 2.31. The number of rotatable bonds is 5. The van der Waals surface area contributed by atoms with E-state index in [9.17, 15) is 9.59 Å². The summed E-state index contributed by atoms with van der Waals surface area (Å²) in [6.45, 7) is -0.310. The second-order valence-corrected chi connectivity index (χ2v) is 6.38. The molecule has 3 heterocycles. The van der Waals surface area contributed by atoms with Crippen molar-refractivity contribution in [3.05, 3.63) is 59.4 Å². The third-order valence-electron chi connectivity index (χ3n) is 4.26. The van der Waals surface area contributed by atoms with Crippen LogP contribution in [0.4, 0.5) is 5.69 Å². The Kier molecular flexibility index (Phi) is 4.39. The summed E-state index contributed by atoms with van der Waals surface area (Å²) in [6, 6.07) is 12.8. The van der Waals surface area contributed by atoms with Crippen LogP contribution in [-0.4, -0.2) is 44.9 Å². The third-order valence-corrected chi connectivity index (χ3v) is 4.47. The van der Waals surface area contributed by atoms with Gasteiger partial charge < -0.3 is 15.4 Å². The summed E-state index contributed by atoms with van der Waals surface area (Å²) in [6.07, 6.45) is 1.24. The number of hydrogen-bond donors (Lipinski definition) is 3. The number of imide groups is 1. The van der Waals surface area contributed by atoms with E-state index in [-0.39, 0.29) is 18.8 Å². The van der Waals surface area contributed by atoms with E-state index in [2.05, 4.69) is 15.3 Å². The van der Waals surface area contributed by atoms with Crippen LogP contribution in [0.3, 0.4) is 0 Å². The highest BCUT2D eigenvalue weighted by Crippen LogP contribution is 2.31. The molecule has 0 spiro atoms. The second kappa shape index (κ2) is 6.86. The van der Waals surface area contributed by atoms with Gasteiger partial charge in [0.05, 0.1) is 29.9 Å². The van der Waals surface area contributed by atoms with Gasteiger partial charge in [0.15, 0.2) is 0 Å². The molecule has 0 saturated carbocycles. The minimum atomic E-state index is -0.464. The van der Waals surface area contributed by atoms with Crippen LogP contribution in [0.1, 0.15) is 0 Å². The standard InChI is InChI=1S/C19H15ClN4O3/c20-17-6-5-13-15(23-17)9-14(22-13)11-3-1-2-4-12(11)21-16-10-18(26)24(7-8-25)19(16)27/h1-6,9-10,21-22,25H,7-8H2. The SMILES string of the molecule is O=C1C=C(Nc2ccccc2-c2cc3nc(Cl)ccc3[nH]2)C(=O)N1CCO. The lowest BCUT2D eigenvalue weighted by atomic mass is 10.1. The molecule has 0 atom stereocenters. The third kappa shape index (κ3) is 3.18. The van der Waals surface area contributed by atoms with Crippen molar-refractivity contribution in [2.75, 3.05) is 18.5 Å². The van der Waals surface area contributed by atoms with Gasteiger partial charge >= 0.3 is 0 Å². The number of halogens is 1. The number of nitrogens with zero attached hydrogens (tertiary/aromatic N) is 2. The maximum Gasteiger partial charge on any atom is 0.277 e. The van der Waals surface area contributed by atoms with Crippen LogP contribution in [0.15, 0.2) is 54.2 Å². The molecule has 136 valence electrons. The van der Waals surface area contributed by atoms with Crippen molar-refractivity contribution in [1.82, 2.24) is 14.9 Å². The molecular weight excluding hydrogens is 368 g/mol. The summed E-state index contributed by atoms with van der Waals surface area (Å²) in [7, 11) is 0. The molecule has 1 aromatic carbocycles. The zero-order chi connectivity index (χ0) is 19.0. The number of aromatic nitrogens is 2. The van der Waals surface area contributed by atoms with E-state index >= 15 is 0 Å². The van der Waals surface area contributed by atoms with E-state index in [1.165, 1.54) is 6.08 Å². The first-order valence-electron chi connectivity index (χ1n) is 8.27. The summed E-state index contributed by atoms with van der Waals surface area (Å²) in [5.74, 6) is -0.910. The summed E-state index contributed by atoms with van der Waals surface area (Å²) in [4.78, 5) is 32.9. The zero-order valence-corrected chi connectivity index (χ0v) is 14.8. The van der Waals surface area contributed by atoms with Crippen LogP contribution in [0.25, 0.3) is 22.3 Å². The number of fused-ring (bicyclic) bond motifs is 1. The highest BCUT2D eigenvalue weighted by atomic mass is 35.5. The number of aliphatic hydroxyl groups is 1. The largest absolute Gasteiger partial charge is 0.395 e. The predicted molar refractivity (Wildman–Crippen MR) is 102 cm³/mol. The Balaban J connectivity index is 1.68. The molecule has 4 rings (SSSR count). The van der Waals surface area contributed by atoms with E-state index in [1.807, 2.05) is 36.4 Å². The Labute approximate surface area is 159 Å². The lowest BCUT2D eigenvalue weighted by Crippen LogP contribution is -2.34. The van der Waals surface area contributed by atoms with Crippen molar-refractivity contribution in [1.29, 1.82) is 0 Å². The molecule has 0 aliphatic carbocycles. The van der Waals surface area contributed by atoms with E-state index in [0.29, 0.717) is 10.8 Å².